The monoisotopic (exact) mass is 329 g/mol. The predicted octanol–water partition coefficient (Wildman–Crippen LogP) is 2.60. The predicted molar refractivity (Wildman–Crippen MR) is 94.6 cm³/mol. The number of rotatable bonds is 4. The van der Waals surface area contributed by atoms with Gasteiger partial charge in [-0.25, -0.2) is 0 Å². The number of anilines is 1. The first-order chi connectivity index (χ1) is 11.5. The highest BCUT2D eigenvalue weighted by Gasteiger charge is 2.49. The molecular weight excluding hydrogens is 302 g/mol. The quantitative estimate of drug-likeness (QED) is 0.795. The average Bonchev–Trinajstić information content (AvgIpc) is 2.99. The third-order valence-corrected chi connectivity index (χ3v) is 5.54. The smallest absolute Gasteiger partial charge is 0.228 e. The Morgan fingerprint density at radius 1 is 1.33 bits per heavy atom. The zero-order chi connectivity index (χ0) is 17.2. The summed E-state index contributed by atoms with van der Waals surface area (Å²) < 4.78 is 0. The molecule has 130 valence electrons. The summed E-state index contributed by atoms with van der Waals surface area (Å²) in [5.41, 5.74) is 1.53. The van der Waals surface area contributed by atoms with Gasteiger partial charge in [-0.05, 0) is 49.9 Å². The molecule has 3 rings (SSSR count). The van der Waals surface area contributed by atoms with E-state index in [1.807, 2.05) is 31.2 Å². The Hall–Kier alpha value is -1.88. The highest BCUT2D eigenvalue weighted by molar-refractivity contribution is 5.88. The Kier molecular flexibility index (Phi) is 4.90. The molecule has 1 saturated heterocycles. The summed E-state index contributed by atoms with van der Waals surface area (Å²) in [4.78, 5) is 24.2. The topological polar surface area (TPSA) is 70.2 Å². The number of nitrogens with one attached hydrogen (secondary N) is 3. The van der Waals surface area contributed by atoms with E-state index in [-0.39, 0.29) is 23.3 Å². The van der Waals surface area contributed by atoms with E-state index >= 15 is 0 Å². The molecule has 24 heavy (non-hydrogen) atoms. The van der Waals surface area contributed by atoms with Gasteiger partial charge in [-0.2, -0.15) is 0 Å². The van der Waals surface area contributed by atoms with Gasteiger partial charge in [0.05, 0.1) is 11.5 Å². The van der Waals surface area contributed by atoms with Crippen molar-refractivity contribution in [3.8, 4) is 0 Å². The summed E-state index contributed by atoms with van der Waals surface area (Å²) in [5.74, 6) is 0.545. The molecule has 3 N–H and O–H groups in total. The standard InChI is InChI=1S/C19H27N3O2/c1-13(15-6-5-8-17(10-15)22-14(2)23)21-18(24)19-9-4-3-7-16(19)11-20-12-19/h5-6,8,10,13,16,20H,3-4,7,9,11-12H2,1-2H3,(H,21,24)(H,22,23)/t13?,16-,19+/m0/s1. The minimum atomic E-state index is -0.234. The lowest BCUT2D eigenvalue weighted by atomic mass is 9.67. The summed E-state index contributed by atoms with van der Waals surface area (Å²) in [6, 6.07) is 7.59. The average molecular weight is 329 g/mol. The zero-order valence-electron chi connectivity index (χ0n) is 14.5. The van der Waals surface area contributed by atoms with Crippen LogP contribution in [0.5, 0.6) is 0 Å². The Labute approximate surface area is 143 Å². The van der Waals surface area contributed by atoms with Gasteiger partial charge in [0, 0.05) is 19.2 Å². The Morgan fingerprint density at radius 3 is 2.96 bits per heavy atom. The normalized spacial score (nSPS) is 27.2. The molecule has 5 heteroatoms. The Balaban J connectivity index is 1.71. The van der Waals surface area contributed by atoms with E-state index < -0.39 is 0 Å². The molecule has 1 heterocycles. The fraction of sp³-hybridized carbons (Fsp3) is 0.579. The van der Waals surface area contributed by atoms with Crippen LogP contribution in [0.25, 0.3) is 0 Å². The second-order valence-corrected chi connectivity index (χ2v) is 7.23. The lowest BCUT2D eigenvalue weighted by Gasteiger charge is -2.38. The Bertz CT molecular complexity index is 631. The van der Waals surface area contributed by atoms with Crippen LogP contribution in [0.3, 0.4) is 0 Å². The van der Waals surface area contributed by atoms with Crippen molar-refractivity contribution < 1.29 is 9.59 Å². The van der Waals surface area contributed by atoms with Gasteiger partial charge in [0.25, 0.3) is 0 Å². The lowest BCUT2D eigenvalue weighted by Crippen LogP contribution is -2.48. The molecule has 1 saturated carbocycles. The van der Waals surface area contributed by atoms with Crippen LogP contribution in [-0.2, 0) is 9.59 Å². The summed E-state index contributed by atoms with van der Waals surface area (Å²) in [7, 11) is 0. The molecule has 2 fully saturated rings. The van der Waals surface area contributed by atoms with Gasteiger partial charge in [-0.3, -0.25) is 9.59 Å². The summed E-state index contributed by atoms with van der Waals surface area (Å²) in [5, 5.41) is 9.43. The number of carbonyl (C=O) groups is 2. The number of hydrogen-bond acceptors (Lipinski definition) is 3. The number of hydrogen-bond donors (Lipinski definition) is 3. The second-order valence-electron chi connectivity index (χ2n) is 7.23. The van der Waals surface area contributed by atoms with Crippen molar-refractivity contribution in [2.24, 2.45) is 11.3 Å². The van der Waals surface area contributed by atoms with Crippen LogP contribution in [0, 0.1) is 11.3 Å². The second kappa shape index (κ2) is 6.93. The molecule has 0 spiro atoms. The molecule has 3 atom stereocenters. The molecular formula is C19H27N3O2. The van der Waals surface area contributed by atoms with E-state index in [2.05, 4.69) is 16.0 Å². The van der Waals surface area contributed by atoms with E-state index in [1.165, 1.54) is 13.3 Å². The molecule has 1 aromatic rings. The van der Waals surface area contributed by atoms with E-state index in [1.54, 1.807) is 0 Å². The molecule has 1 unspecified atom stereocenters. The summed E-state index contributed by atoms with van der Waals surface area (Å²) in [6.45, 7) is 5.25. The molecule has 1 aromatic carbocycles. The fourth-order valence-electron chi connectivity index (χ4n) is 4.20. The van der Waals surface area contributed by atoms with Crippen LogP contribution < -0.4 is 16.0 Å². The number of amides is 2. The minimum absolute atomic E-state index is 0.0799. The molecule has 1 aliphatic carbocycles. The van der Waals surface area contributed by atoms with Crippen molar-refractivity contribution in [2.75, 3.05) is 18.4 Å². The molecule has 0 radical (unpaired) electrons. The summed E-state index contributed by atoms with van der Waals surface area (Å²) in [6.07, 6.45) is 4.50. The maximum absolute atomic E-state index is 13.0. The molecule has 5 nitrogen and oxygen atoms in total. The van der Waals surface area contributed by atoms with Crippen LogP contribution in [0.2, 0.25) is 0 Å². The minimum Gasteiger partial charge on any atom is -0.349 e. The summed E-state index contributed by atoms with van der Waals surface area (Å²) >= 11 is 0. The first-order valence-electron chi connectivity index (χ1n) is 8.90. The lowest BCUT2D eigenvalue weighted by molar-refractivity contribution is -0.134. The van der Waals surface area contributed by atoms with Gasteiger partial charge in [-0.1, -0.05) is 25.0 Å². The highest BCUT2D eigenvalue weighted by atomic mass is 16.2. The molecule has 2 amide bonds. The van der Waals surface area contributed by atoms with Crippen LogP contribution in [0.1, 0.15) is 51.1 Å². The molecule has 0 aromatic heterocycles. The number of fused-ring (bicyclic) bond motifs is 1. The SMILES string of the molecule is CC(=O)Nc1cccc(C(C)NC(=O)[C@@]23CCCC[C@H]2CNC3)c1. The van der Waals surface area contributed by atoms with Crippen molar-refractivity contribution in [2.45, 2.75) is 45.6 Å². The van der Waals surface area contributed by atoms with Crippen LogP contribution in [-0.4, -0.2) is 24.9 Å². The van der Waals surface area contributed by atoms with Crippen LogP contribution in [0.4, 0.5) is 5.69 Å². The fourth-order valence-corrected chi connectivity index (χ4v) is 4.20. The third-order valence-electron chi connectivity index (χ3n) is 5.54. The van der Waals surface area contributed by atoms with E-state index in [4.69, 9.17) is 0 Å². The number of benzene rings is 1. The highest BCUT2D eigenvalue weighted by Crippen LogP contribution is 2.44. The first kappa shape index (κ1) is 17.0. The largest absolute Gasteiger partial charge is 0.349 e. The maximum atomic E-state index is 13.0. The number of carbonyl (C=O) groups excluding carboxylic acids is 2. The van der Waals surface area contributed by atoms with Gasteiger partial charge in [-0.15, -0.1) is 0 Å². The van der Waals surface area contributed by atoms with E-state index in [0.717, 1.165) is 43.6 Å². The van der Waals surface area contributed by atoms with Crippen LogP contribution >= 0.6 is 0 Å². The van der Waals surface area contributed by atoms with E-state index in [9.17, 15) is 9.59 Å². The van der Waals surface area contributed by atoms with Gasteiger partial charge in [0.15, 0.2) is 0 Å². The Morgan fingerprint density at radius 2 is 2.17 bits per heavy atom. The van der Waals surface area contributed by atoms with Crippen molar-refractivity contribution in [3.05, 3.63) is 29.8 Å². The van der Waals surface area contributed by atoms with E-state index in [0.29, 0.717) is 5.92 Å². The van der Waals surface area contributed by atoms with Crippen molar-refractivity contribution in [1.82, 2.24) is 10.6 Å². The van der Waals surface area contributed by atoms with Crippen molar-refractivity contribution in [1.29, 1.82) is 0 Å². The van der Waals surface area contributed by atoms with Gasteiger partial charge < -0.3 is 16.0 Å². The maximum Gasteiger partial charge on any atom is 0.228 e. The van der Waals surface area contributed by atoms with Crippen molar-refractivity contribution >= 4 is 17.5 Å². The zero-order valence-corrected chi connectivity index (χ0v) is 14.5. The van der Waals surface area contributed by atoms with Gasteiger partial charge in [0.2, 0.25) is 11.8 Å². The van der Waals surface area contributed by atoms with Gasteiger partial charge in [0.1, 0.15) is 0 Å². The van der Waals surface area contributed by atoms with Crippen LogP contribution in [0.15, 0.2) is 24.3 Å². The third kappa shape index (κ3) is 3.31. The van der Waals surface area contributed by atoms with Crippen molar-refractivity contribution in [3.63, 3.8) is 0 Å². The molecule has 1 aliphatic heterocycles. The first-order valence-corrected chi connectivity index (χ1v) is 8.90. The van der Waals surface area contributed by atoms with Gasteiger partial charge >= 0.3 is 0 Å². The molecule has 0 bridgehead atoms. The molecule has 2 aliphatic rings.